The van der Waals surface area contributed by atoms with Crippen LogP contribution < -0.4 is 10.1 Å². The van der Waals surface area contributed by atoms with E-state index in [2.05, 4.69) is 17.9 Å². The highest BCUT2D eigenvalue weighted by Gasteiger charge is 2.30. The zero-order valence-electron chi connectivity index (χ0n) is 17.3. The van der Waals surface area contributed by atoms with Gasteiger partial charge in [0.25, 0.3) is 0 Å². The van der Waals surface area contributed by atoms with Gasteiger partial charge in [-0.2, -0.15) is 13.2 Å². The van der Waals surface area contributed by atoms with Crippen molar-refractivity contribution in [2.45, 2.75) is 17.6 Å². The molecule has 0 atom stereocenters. The molecule has 0 radical (unpaired) electrons. The Bertz CT molecular complexity index is 1070. The summed E-state index contributed by atoms with van der Waals surface area (Å²) < 4.78 is 70.1. The molecule has 0 aliphatic heterocycles. The molecule has 0 heterocycles. The van der Waals surface area contributed by atoms with Crippen LogP contribution in [0.5, 0.6) is 5.75 Å². The smallest absolute Gasteiger partial charge is 0.416 e. The third-order valence-corrected chi connectivity index (χ3v) is 4.45. The molecule has 0 fully saturated rings. The van der Waals surface area contributed by atoms with Gasteiger partial charge in [0.05, 0.1) is 5.56 Å². The Morgan fingerprint density at radius 2 is 1.73 bits per heavy atom. The van der Waals surface area contributed by atoms with Crippen LogP contribution in [0.2, 0.25) is 0 Å². The number of rotatable bonds is 6. The molecule has 0 spiro atoms. The van der Waals surface area contributed by atoms with Gasteiger partial charge in [0.15, 0.2) is 18.2 Å². The van der Waals surface area contributed by atoms with Gasteiger partial charge in [0, 0.05) is 17.0 Å². The van der Waals surface area contributed by atoms with Crippen molar-refractivity contribution in [1.29, 1.82) is 0 Å². The lowest BCUT2D eigenvalue weighted by molar-refractivity contribution is -0.139. The molecule has 4 nitrogen and oxygen atoms in total. The van der Waals surface area contributed by atoms with Crippen molar-refractivity contribution in [3.63, 3.8) is 0 Å². The highest BCUT2D eigenvalue weighted by Crippen LogP contribution is 2.37. The van der Waals surface area contributed by atoms with Gasteiger partial charge in [-0.05, 0) is 66.7 Å². The third kappa shape index (κ3) is 8.07. The highest BCUT2D eigenvalue weighted by molar-refractivity contribution is 7.80. The van der Waals surface area contributed by atoms with E-state index >= 15 is 0 Å². The van der Waals surface area contributed by atoms with Gasteiger partial charge < -0.3 is 15.2 Å². The zero-order valence-corrected chi connectivity index (χ0v) is 18.2. The minimum absolute atomic E-state index is 0.0533. The fourth-order valence-corrected chi connectivity index (χ4v) is 2.90. The largest absolute Gasteiger partial charge is 0.479 e. The number of halogens is 5. The molecule has 2 N–H and O–H groups in total. The molecule has 0 unspecified atom stereocenters. The molecule has 0 bridgehead atoms. The van der Waals surface area contributed by atoms with E-state index in [1.165, 1.54) is 30.3 Å². The Morgan fingerprint density at radius 1 is 1.06 bits per heavy atom. The second-order valence-corrected chi connectivity index (χ2v) is 7.24. The van der Waals surface area contributed by atoms with Crippen LogP contribution in [0.15, 0.2) is 65.6 Å². The van der Waals surface area contributed by atoms with Crippen LogP contribution in [-0.4, -0.2) is 24.7 Å². The van der Waals surface area contributed by atoms with E-state index in [0.717, 1.165) is 23.1 Å². The second-order valence-electron chi connectivity index (χ2n) is 6.72. The van der Waals surface area contributed by atoms with Crippen molar-refractivity contribution in [1.82, 2.24) is 5.32 Å². The predicted octanol–water partition coefficient (Wildman–Crippen LogP) is 5.81. The van der Waals surface area contributed by atoms with Crippen molar-refractivity contribution >= 4 is 18.6 Å². The Kier molecular flexibility index (Phi) is 9.24. The molecule has 3 aromatic carbocycles. The number of hydrogen-bond acceptors (Lipinski definition) is 4. The second kappa shape index (κ2) is 11.7. The van der Waals surface area contributed by atoms with Crippen molar-refractivity contribution in [2.75, 3.05) is 13.7 Å². The van der Waals surface area contributed by atoms with Crippen LogP contribution in [0.4, 0.5) is 22.0 Å². The monoisotopic (exact) mass is 485 g/mol. The lowest BCUT2D eigenvalue weighted by atomic mass is 9.99. The van der Waals surface area contributed by atoms with Crippen molar-refractivity contribution in [3.05, 3.63) is 83.4 Å². The summed E-state index contributed by atoms with van der Waals surface area (Å²) in [6.07, 6.45) is -4.56. The van der Waals surface area contributed by atoms with E-state index in [4.69, 9.17) is 9.84 Å². The van der Waals surface area contributed by atoms with Gasteiger partial charge in [0.2, 0.25) is 0 Å². The van der Waals surface area contributed by atoms with Gasteiger partial charge in [-0.15, -0.1) is 12.6 Å². The van der Waals surface area contributed by atoms with E-state index in [-0.39, 0.29) is 23.5 Å². The number of carboxylic acid groups (broad SMARTS) is 1. The van der Waals surface area contributed by atoms with Gasteiger partial charge in [-0.1, -0.05) is 12.1 Å². The van der Waals surface area contributed by atoms with Crippen molar-refractivity contribution in [3.8, 4) is 16.9 Å². The van der Waals surface area contributed by atoms with Crippen LogP contribution in [-0.2, 0) is 17.5 Å². The van der Waals surface area contributed by atoms with Crippen molar-refractivity contribution in [2.24, 2.45) is 0 Å². The van der Waals surface area contributed by atoms with E-state index < -0.39 is 35.9 Å². The van der Waals surface area contributed by atoms with Crippen LogP contribution in [0.1, 0.15) is 11.1 Å². The summed E-state index contributed by atoms with van der Waals surface area (Å²) in [5.74, 6) is -2.79. The first kappa shape index (κ1) is 26.1. The number of hydrogen-bond donors (Lipinski definition) is 3. The highest BCUT2D eigenvalue weighted by atomic mass is 32.1. The standard InChI is InChI=1S/C17H15F4NO3.C6H5FS/c1-22-8-10-5-13(16(14(18)6-10)25-9-15(23)24)11-3-2-4-12(7-11)17(19,20)21;7-5-1-3-6(8)4-2-5/h2-7,22H,8-9H2,1H3,(H,23,24);1-4,8H. The Labute approximate surface area is 192 Å². The quantitative estimate of drug-likeness (QED) is 0.305. The van der Waals surface area contributed by atoms with Gasteiger partial charge in [0.1, 0.15) is 5.82 Å². The molecule has 176 valence electrons. The fraction of sp³-hybridized carbons (Fsp3) is 0.174. The number of ether oxygens (including phenoxy) is 1. The normalized spacial score (nSPS) is 10.9. The predicted molar refractivity (Wildman–Crippen MR) is 116 cm³/mol. The molecule has 3 aromatic rings. The SMILES string of the molecule is CNCc1cc(F)c(OCC(=O)O)c(-c2cccc(C(F)(F)F)c2)c1.Fc1ccc(S)cc1. The van der Waals surface area contributed by atoms with Crippen LogP contribution in [0.3, 0.4) is 0 Å². The number of thiol groups is 1. The van der Waals surface area contributed by atoms with E-state index in [0.29, 0.717) is 5.56 Å². The molecule has 10 heteroatoms. The molecule has 33 heavy (non-hydrogen) atoms. The summed E-state index contributed by atoms with van der Waals surface area (Å²) in [4.78, 5) is 11.5. The number of aliphatic carboxylic acids is 1. The maximum absolute atomic E-state index is 14.3. The number of carbonyl (C=O) groups is 1. The first-order valence-electron chi connectivity index (χ1n) is 9.45. The number of benzene rings is 3. The van der Waals surface area contributed by atoms with Crippen LogP contribution in [0.25, 0.3) is 11.1 Å². The van der Waals surface area contributed by atoms with E-state index in [1.807, 2.05) is 0 Å². The first-order valence-corrected chi connectivity index (χ1v) is 9.89. The average molecular weight is 485 g/mol. The van der Waals surface area contributed by atoms with Gasteiger partial charge in [-0.3, -0.25) is 0 Å². The minimum atomic E-state index is -4.56. The molecule has 0 amide bonds. The number of alkyl halides is 3. The molecular weight excluding hydrogens is 465 g/mol. The van der Waals surface area contributed by atoms with Crippen LogP contribution in [0, 0.1) is 11.6 Å². The zero-order chi connectivity index (χ0) is 24.6. The summed E-state index contributed by atoms with van der Waals surface area (Å²) >= 11 is 3.97. The molecule has 0 aliphatic carbocycles. The Morgan fingerprint density at radius 3 is 2.27 bits per heavy atom. The Balaban J connectivity index is 0.000000405. The Hall–Kier alpha value is -3.11. The van der Waals surface area contributed by atoms with Gasteiger partial charge in [-0.25, -0.2) is 13.6 Å². The number of carboxylic acids is 1. The lowest BCUT2D eigenvalue weighted by Crippen LogP contribution is -2.12. The molecule has 0 aromatic heterocycles. The topological polar surface area (TPSA) is 58.6 Å². The maximum atomic E-state index is 14.3. The summed E-state index contributed by atoms with van der Waals surface area (Å²) in [5.41, 5.74) is -0.284. The van der Waals surface area contributed by atoms with Crippen molar-refractivity contribution < 1.29 is 36.6 Å². The summed E-state index contributed by atoms with van der Waals surface area (Å²) in [6.45, 7) is -0.531. The molecule has 0 aliphatic rings. The van der Waals surface area contributed by atoms with E-state index in [1.54, 1.807) is 19.2 Å². The maximum Gasteiger partial charge on any atom is 0.416 e. The molecular formula is C23H20F5NO3S. The first-order chi connectivity index (χ1) is 15.5. The van der Waals surface area contributed by atoms with Gasteiger partial charge >= 0.3 is 12.1 Å². The van der Waals surface area contributed by atoms with Crippen LogP contribution >= 0.6 is 12.6 Å². The molecule has 0 saturated carbocycles. The summed E-state index contributed by atoms with van der Waals surface area (Å²) in [7, 11) is 1.64. The summed E-state index contributed by atoms with van der Waals surface area (Å²) in [5, 5.41) is 11.5. The number of nitrogens with one attached hydrogen (secondary N) is 1. The lowest BCUT2D eigenvalue weighted by Gasteiger charge is -2.15. The van der Waals surface area contributed by atoms with E-state index in [9.17, 15) is 26.7 Å². The molecule has 3 rings (SSSR count). The average Bonchev–Trinajstić information content (AvgIpc) is 2.75. The molecule has 0 saturated heterocycles. The fourth-order valence-electron chi connectivity index (χ4n) is 2.75. The summed E-state index contributed by atoms with van der Waals surface area (Å²) in [6, 6.07) is 12.9. The minimum Gasteiger partial charge on any atom is -0.479 e. The third-order valence-electron chi connectivity index (χ3n) is 4.15.